The predicted octanol–water partition coefficient (Wildman–Crippen LogP) is 8.16. The van der Waals surface area contributed by atoms with Crippen LogP contribution in [0.5, 0.6) is 0 Å². The number of rotatable bonds is 6. The highest BCUT2D eigenvalue weighted by molar-refractivity contribution is 6.09. The van der Waals surface area contributed by atoms with E-state index in [1.165, 1.54) is 37.6 Å². The maximum Gasteiger partial charge on any atom is 0.237 e. The number of nitrogens with zero attached hydrogens (tertiary/aromatic N) is 6. The number of likely N-dealkylation sites (tertiary alicyclic amines) is 1. The average molecular weight is 636 g/mol. The summed E-state index contributed by atoms with van der Waals surface area (Å²) in [5.41, 5.74) is 5.78. The van der Waals surface area contributed by atoms with Gasteiger partial charge in [0.05, 0.1) is 34.8 Å². The van der Waals surface area contributed by atoms with Crippen LogP contribution in [0.2, 0.25) is 0 Å². The Bertz CT molecular complexity index is 1840. The Labute approximate surface area is 276 Å². The first-order valence-electron chi connectivity index (χ1n) is 17.6. The Morgan fingerprint density at radius 1 is 1.00 bits per heavy atom. The smallest absolute Gasteiger partial charge is 0.237 e. The van der Waals surface area contributed by atoms with E-state index >= 15 is 0 Å². The molecule has 2 aliphatic heterocycles. The molecular weight excluding hydrogens is 589 g/mol. The summed E-state index contributed by atoms with van der Waals surface area (Å²) in [7, 11) is 0. The van der Waals surface area contributed by atoms with Crippen LogP contribution >= 0.6 is 0 Å². The van der Waals surface area contributed by atoms with Gasteiger partial charge in [-0.25, -0.2) is 14.4 Å². The number of carbonyl (C=O) groups is 1. The topological polar surface area (TPSA) is 79.2 Å². The molecule has 0 atom stereocenters. The van der Waals surface area contributed by atoms with Gasteiger partial charge in [-0.15, -0.1) is 0 Å². The number of carbonyl (C=O) groups excluding carboxylic acids is 1. The van der Waals surface area contributed by atoms with E-state index in [9.17, 15) is 9.18 Å². The SMILES string of the molecule is CC(C)n1cnc2cc(-c3ccc4c(c3)N(C3CC(N5CCCC(C)(C)C5)C3)C(=O)C43CCCCC3)nc(Nc3ccncc3F)c21. The van der Waals surface area contributed by atoms with Gasteiger partial charge in [0.15, 0.2) is 11.6 Å². The molecule has 0 unspecified atom stereocenters. The number of anilines is 3. The molecule has 47 heavy (non-hydrogen) atoms. The van der Waals surface area contributed by atoms with E-state index in [0.29, 0.717) is 28.9 Å². The van der Waals surface area contributed by atoms with Crippen molar-refractivity contribution < 1.29 is 9.18 Å². The van der Waals surface area contributed by atoms with E-state index in [4.69, 9.17) is 9.97 Å². The van der Waals surface area contributed by atoms with Crippen molar-refractivity contribution in [2.24, 2.45) is 5.41 Å². The van der Waals surface area contributed by atoms with Crippen LogP contribution in [-0.2, 0) is 10.2 Å². The van der Waals surface area contributed by atoms with E-state index in [-0.39, 0.29) is 12.1 Å². The fourth-order valence-electron chi connectivity index (χ4n) is 8.89. The van der Waals surface area contributed by atoms with Crippen molar-refractivity contribution in [3.05, 3.63) is 60.4 Å². The molecule has 4 aromatic rings. The van der Waals surface area contributed by atoms with Gasteiger partial charge in [-0.1, -0.05) is 45.2 Å². The van der Waals surface area contributed by atoms with E-state index in [1.807, 2.05) is 12.4 Å². The number of hydrogen-bond donors (Lipinski definition) is 1. The summed E-state index contributed by atoms with van der Waals surface area (Å²) in [5.74, 6) is 0.401. The number of piperidine rings is 1. The fourth-order valence-corrected chi connectivity index (χ4v) is 8.89. The molecule has 1 N–H and O–H groups in total. The molecule has 2 saturated carbocycles. The molecule has 4 aliphatic rings. The van der Waals surface area contributed by atoms with Gasteiger partial charge in [0.1, 0.15) is 5.52 Å². The summed E-state index contributed by atoms with van der Waals surface area (Å²) in [6.07, 6.45) is 14.4. The molecule has 0 radical (unpaired) electrons. The normalized spacial score (nSPS) is 23.8. The lowest BCUT2D eigenvalue weighted by Crippen LogP contribution is -2.59. The third kappa shape index (κ3) is 5.12. The first-order valence-corrected chi connectivity index (χ1v) is 17.6. The number of amides is 1. The molecule has 8 nitrogen and oxygen atoms in total. The Morgan fingerprint density at radius 3 is 2.55 bits per heavy atom. The number of pyridine rings is 2. The van der Waals surface area contributed by atoms with E-state index in [2.05, 4.69) is 70.6 Å². The third-order valence-corrected chi connectivity index (χ3v) is 11.4. The summed E-state index contributed by atoms with van der Waals surface area (Å²) in [5, 5.41) is 3.24. The van der Waals surface area contributed by atoms with Gasteiger partial charge in [0.2, 0.25) is 5.91 Å². The number of imidazole rings is 1. The van der Waals surface area contributed by atoms with Crippen LogP contribution in [0.4, 0.5) is 21.6 Å². The average Bonchev–Trinajstić information content (AvgIpc) is 3.56. The number of aromatic nitrogens is 4. The molecule has 246 valence electrons. The standard InChI is InChI=1S/C38H46FN7O/c1-24(2)45-23-41-32-20-31(43-35(34(32)45)42-30-11-15-40-21-29(30)39)25-9-10-28-33(17-25)46(36(47)38(28)13-6-5-7-14-38)27-18-26(19-27)44-16-8-12-37(3,4)22-44/h9-11,15,17,20-21,23-24,26-27H,5-8,12-14,16,18-19,22H2,1-4H3,(H,40,42,43). The van der Waals surface area contributed by atoms with Crippen molar-refractivity contribution in [1.29, 1.82) is 0 Å². The monoisotopic (exact) mass is 635 g/mol. The highest BCUT2D eigenvalue weighted by Gasteiger charge is 2.55. The van der Waals surface area contributed by atoms with E-state index in [0.717, 1.165) is 73.0 Å². The lowest BCUT2D eigenvalue weighted by atomic mass is 9.70. The molecule has 0 bridgehead atoms. The Hall–Kier alpha value is -3.85. The molecule has 1 saturated heterocycles. The molecule has 1 spiro atoms. The second-order valence-corrected chi connectivity index (χ2v) is 15.5. The van der Waals surface area contributed by atoms with Crippen LogP contribution in [0, 0.1) is 11.2 Å². The van der Waals surface area contributed by atoms with Crippen LogP contribution < -0.4 is 10.2 Å². The number of halogens is 1. The van der Waals surface area contributed by atoms with Gasteiger partial charge in [0, 0.05) is 42.1 Å². The Kier molecular flexibility index (Phi) is 7.39. The van der Waals surface area contributed by atoms with Crippen LogP contribution in [0.25, 0.3) is 22.3 Å². The largest absolute Gasteiger partial charge is 0.336 e. The molecular formula is C38H46FN7O. The second-order valence-electron chi connectivity index (χ2n) is 15.5. The van der Waals surface area contributed by atoms with Crippen LogP contribution in [-0.4, -0.2) is 55.5 Å². The number of benzene rings is 1. The molecule has 1 aromatic carbocycles. The van der Waals surface area contributed by atoms with Crippen molar-refractivity contribution >= 4 is 34.1 Å². The Balaban J connectivity index is 1.18. The highest BCUT2D eigenvalue weighted by atomic mass is 19.1. The van der Waals surface area contributed by atoms with Crippen LogP contribution in [0.15, 0.2) is 49.1 Å². The van der Waals surface area contributed by atoms with Gasteiger partial charge in [-0.2, -0.15) is 0 Å². The quantitative estimate of drug-likeness (QED) is 0.230. The van der Waals surface area contributed by atoms with E-state index < -0.39 is 11.2 Å². The lowest BCUT2D eigenvalue weighted by molar-refractivity contribution is -0.125. The van der Waals surface area contributed by atoms with Crippen LogP contribution in [0.3, 0.4) is 0 Å². The fraction of sp³-hybridized carbons (Fsp3) is 0.526. The van der Waals surface area contributed by atoms with Gasteiger partial charge < -0.3 is 14.8 Å². The van der Waals surface area contributed by atoms with E-state index in [1.54, 1.807) is 12.3 Å². The minimum atomic E-state index is -0.445. The lowest BCUT2D eigenvalue weighted by Gasteiger charge is -2.50. The Morgan fingerprint density at radius 2 is 1.81 bits per heavy atom. The molecule has 2 aliphatic carbocycles. The van der Waals surface area contributed by atoms with Crippen molar-refractivity contribution in [2.75, 3.05) is 23.3 Å². The zero-order valence-corrected chi connectivity index (χ0v) is 28.1. The van der Waals surface area contributed by atoms with Crippen LogP contribution in [0.1, 0.15) is 97.1 Å². The molecule has 5 heterocycles. The molecule has 3 aromatic heterocycles. The molecule has 8 rings (SSSR count). The second kappa shape index (κ2) is 11.4. The summed E-state index contributed by atoms with van der Waals surface area (Å²) in [4.78, 5) is 33.2. The summed E-state index contributed by atoms with van der Waals surface area (Å²) < 4.78 is 16.8. The summed E-state index contributed by atoms with van der Waals surface area (Å²) in [6, 6.07) is 11.0. The molecule has 1 amide bonds. The highest BCUT2D eigenvalue weighted by Crippen LogP contribution is 2.53. The zero-order valence-electron chi connectivity index (χ0n) is 28.1. The minimum absolute atomic E-state index is 0.143. The maximum atomic E-state index is 14.8. The predicted molar refractivity (Wildman–Crippen MR) is 184 cm³/mol. The van der Waals surface area contributed by atoms with Gasteiger partial charge in [-0.3, -0.25) is 14.7 Å². The molecule has 9 heteroatoms. The number of hydrogen-bond acceptors (Lipinski definition) is 6. The number of nitrogens with one attached hydrogen (secondary N) is 1. The third-order valence-electron chi connectivity index (χ3n) is 11.4. The zero-order chi connectivity index (χ0) is 32.5. The van der Waals surface area contributed by atoms with Crippen molar-refractivity contribution in [3.63, 3.8) is 0 Å². The number of fused-ring (bicyclic) bond motifs is 3. The minimum Gasteiger partial charge on any atom is -0.336 e. The maximum absolute atomic E-state index is 14.8. The van der Waals surface area contributed by atoms with Gasteiger partial charge in [-0.05, 0) is 88.1 Å². The summed E-state index contributed by atoms with van der Waals surface area (Å²) >= 11 is 0. The van der Waals surface area contributed by atoms with Crippen molar-refractivity contribution in [2.45, 2.75) is 109 Å². The van der Waals surface area contributed by atoms with Gasteiger partial charge in [0.25, 0.3) is 0 Å². The first-order chi connectivity index (χ1) is 22.6. The summed E-state index contributed by atoms with van der Waals surface area (Å²) in [6.45, 7) is 11.3. The van der Waals surface area contributed by atoms with Gasteiger partial charge >= 0.3 is 0 Å². The first kappa shape index (κ1) is 30.5. The van der Waals surface area contributed by atoms with Crippen molar-refractivity contribution in [1.82, 2.24) is 24.4 Å². The molecule has 3 fully saturated rings. The van der Waals surface area contributed by atoms with Crippen molar-refractivity contribution in [3.8, 4) is 11.3 Å².